The van der Waals surface area contributed by atoms with Gasteiger partial charge in [-0.1, -0.05) is 78.5 Å². The number of carbonyl (C=O) groups is 1. The Hall–Kier alpha value is -3.44. The molecule has 0 aliphatic rings. The number of nitrogens with one attached hydrogen (secondary N) is 1. The van der Waals surface area contributed by atoms with E-state index in [1.54, 1.807) is 18.3 Å². The lowest BCUT2D eigenvalue weighted by atomic mass is 10.1. The molecule has 1 heterocycles. The van der Waals surface area contributed by atoms with Gasteiger partial charge in [-0.15, -0.1) is 0 Å². The van der Waals surface area contributed by atoms with Gasteiger partial charge < -0.3 is 0 Å². The maximum Gasteiger partial charge on any atom is 0.220 e. The van der Waals surface area contributed by atoms with Crippen LogP contribution in [0.4, 0.5) is 5.69 Å². The van der Waals surface area contributed by atoms with Gasteiger partial charge in [0.1, 0.15) is 0 Å². The van der Waals surface area contributed by atoms with Crippen molar-refractivity contribution in [1.82, 2.24) is 4.98 Å². The molecular weight excluding hydrogens is 366 g/mol. The quantitative estimate of drug-likeness (QED) is 0.159. The molecule has 1 N–H and O–H groups in total. The number of pyridine rings is 1. The summed E-state index contributed by atoms with van der Waals surface area (Å²) >= 11 is 1.32. The minimum absolute atomic E-state index is 0.137. The third kappa shape index (κ3) is 4.10. The Morgan fingerprint density at radius 2 is 1.54 bits per heavy atom. The van der Waals surface area contributed by atoms with Crippen LogP contribution in [0, 0.1) is 0 Å². The molecule has 5 heteroatoms. The fraction of sp³-hybridized carbons (Fsp3) is 0. The number of hydrogen-bond acceptors (Lipinski definition) is 5. The zero-order valence-corrected chi connectivity index (χ0v) is 15.8. The first kappa shape index (κ1) is 17.9. The number of fused-ring (bicyclic) bond motifs is 1. The normalized spacial score (nSPS) is 11.4. The Labute approximate surface area is 167 Å². The number of nitrogens with zero attached hydrogens (tertiary/aromatic N) is 2. The van der Waals surface area contributed by atoms with Gasteiger partial charge in [-0.05, 0) is 24.3 Å². The molecule has 0 bridgehead atoms. The lowest BCUT2D eigenvalue weighted by Crippen LogP contribution is -2.13. The highest BCUT2D eigenvalue weighted by Crippen LogP contribution is 2.28. The molecule has 4 rings (SSSR count). The molecule has 4 aromatic rings. The number of aromatic nitrogens is 1. The predicted octanol–water partition coefficient (Wildman–Crippen LogP) is 5.64. The highest BCUT2D eigenvalue weighted by atomic mass is 32.2. The minimum Gasteiger partial charge on any atom is -0.286 e. The summed E-state index contributed by atoms with van der Waals surface area (Å²) in [4.78, 5) is 18.5. The van der Waals surface area contributed by atoms with Crippen molar-refractivity contribution in [3.63, 3.8) is 0 Å². The summed E-state index contributed by atoms with van der Waals surface area (Å²) in [7, 11) is 0. The van der Waals surface area contributed by atoms with Crippen molar-refractivity contribution in [3.8, 4) is 0 Å². The van der Waals surface area contributed by atoms with E-state index in [0.29, 0.717) is 10.6 Å². The standard InChI is InChI=1S/C23H17N3OS/c27-22(18-9-3-1-4-10-18)23(26-25-19-13-5-2-6-14-19)28-20-15-7-11-17-12-8-16-24-21(17)20/h1-16,25H. The Balaban J connectivity index is 1.71. The number of anilines is 1. The summed E-state index contributed by atoms with van der Waals surface area (Å²) in [5.41, 5.74) is 5.25. The van der Waals surface area contributed by atoms with Crippen LogP contribution in [0.25, 0.3) is 10.9 Å². The molecule has 0 saturated carbocycles. The first-order valence-corrected chi connectivity index (χ1v) is 9.63. The number of benzene rings is 3. The summed E-state index contributed by atoms with van der Waals surface area (Å²) in [6, 6.07) is 28.6. The molecule has 0 fully saturated rings. The molecule has 0 amide bonds. The molecule has 0 spiro atoms. The summed E-state index contributed by atoms with van der Waals surface area (Å²) in [6.07, 6.45) is 1.75. The number of hydrazone groups is 1. The van der Waals surface area contributed by atoms with Crippen molar-refractivity contribution in [3.05, 3.63) is 103 Å². The van der Waals surface area contributed by atoms with Crippen LogP contribution in [0.5, 0.6) is 0 Å². The largest absolute Gasteiger partial charge is 0.286 e. The fourth-order valence-electron chi connectivity index (χ4n) is 2.72. The molecular formula is C23H17N3OS. The summed E-state index contributed by atoms with van der Waals surface area (Å²) in [6.45, 7) is 0. The van der Waals surface area contributed by atoms with Crippen LogP contribution in [0.2, 0.25) is 0 Å². The molecule has 1 aromatic heterocycles. The number of carbonyl (C=O) groups excluding carboxylic acids is 1. The molecule has 0 saturated heterocycles. The number of thioether (sulfide) groups is 1. The SMILES string of the molecule is O=C(C(=NNc1ccccc1)Sc1cccc2cccnc12)c1ccccc1. The summed E-state index contributed by atoms with van der Waals surface area (Å²) in [5, 5.41) is 5.80. The van der Waals surface area contributed by atoms with Crippen LogP contribution in [0.1, 0.15) is 10.4 Å². The van der Waals surface area contributed by atoms with Gasteiger partial charge in [0.15, 0.2) is 5.04 Å². The number of ketones is 1. The van der Waals surface area contributed by atoms with Gasteiger partial charge in [-0.2, -0.15) is 5.10 Å². The first-order valence-electron chi connectivity index (χ1n) is 8.81. The van der Waals surface area contributed by atoms with Gasteiger partial charge in [0.2, 0.25) is 5.78 Å². The molecule has 28 heavy (non-hydrogen) atoms. The lowest BCUT2D eigenvalue weighted by Gasteiger charge is -2.09. The monoisotopic (exact) mass is 383 g/mol. The number of rotatable bonds is 5. The van der Waals surface area contributed by atoms with Crippen molar-refractivity contribution in [1.29, 1.82) is 0 Å². The Morgan fingerprint density at radius 3 is 2.32 bits per heavy atom. The average Bonchev–Trinajstić information content (AvgIpc) is 2.77. The van der Waals surface area contributed by atoms with Gasteiger partial charge in [0, 0.05) is 22.0 Å². The molecule has 136 valence electrons. The second kappa shape index (κ2) is 8.50. The van der Waals surface area contributed by atoms with Crippen LogP contribution < -0.4 is 5.43 Å². The van der Waals surface area contributed by atoms with Crippen LogP contribution in [0.15, 0.2) is 107 Å². The van der Waals surface area contributed by atoms with E-state index in [9.17, 15) is 4.79 Å². The van der Waals surface area contributed by atoms with E-state index < -0.39 is 0 Å². The molecule has 0 radical (unpaired) electrons. The Bertz CT molecular complexity index is 1120. The minimum atomic E-state index is -0.137. The van der Waals surface area contributed by atoms with Gasteiger partial charge in [0.05, 0.1) is 11.2 Å². The van der Waals surface area contributed by atoms with E-state index in [1.807, 2.05) is 78.9 Å². The van der Waals surface area contributed by atoms with Gasteiger partial charge >= 0.3 is 0 Å². The van der Waals surface area contributed by atoms with Crippen LogP contribution >= 0.6 is 11.8 Å². The Morgan fingerprint density at radius 1 is 0.821 bits per heavy atom. The van der Waals surface area contributed by atoms with Gasteiger partial charge in [-0.3, -0.25) is 15.2 Å². The molecule has 3 aromatic carbocycles. The maximum atomic E-state index is 13.1. The predicted molar refractivity (Wildman–Crippen MR) is 116 cm³/mol. The summed E-state index contributed by atoms with van der Waals surface area (Å²) < 4.78 is 0. The molecule has 0 unspecified atom stereocenters. The Kier molecular flexibility index (Phi) is 5.45. The van der Waals surface area contributed by atoms with E-state index in [-0.39, 0.29) is 5.78 Å². The second-order valence-electron chi connectivity index (χ2n) is 6.02. The maximum absolute atomic E-state index is 13.1. The highest BCUT2D eigenvalue weighted by molar-refractivity contribution is 8.16. The number of Topliss-reactive ketones (excluding diaryl/α,β-unsaturated/α-hetero) is 1. The van der Waals surface area contributed by atoms with E-state index in [2.05, 4.69) is 15.5 Å². The van der Waals surface area contributed by atoms with Crippen LogP contribution in [-0.4, -0.2) is 15.8 Å². The van der Waals surface area contributed by atoms with Crippen LogP contribution in [0.3, 0.4) is 0 Å². The van der Waals surface area contributed by atoms with Crippen molar-refractivity contribution >= 4 is 39.2 Å². The van der Waals surface area contributed by atoms with Gasteiger partial charge in [-0.25, -0.2) is 0 Å². The van der Waals surface area contributed by atoms with Crippen molar-refractivity contribution in [2.24, 2.45) is 5.10 Å². The average molecular weight is 383 g/mol. The van der Waals surface area contributed by atoms with E-state index in [4.69, 9.17) is 0 Å². The third-order valence-corrected chi connectivity index (χ3v) is 5.11. The van der Waals surface area contributed by atoms with Crippen molar-refractivity contribution in [2.45, 2.75) is 4.90 Å². The molecule has 0 aliphatic heterocycles. The van der Waals surface area contributed by atoms with E-state index >= 15 is 0 Å². The van der Waals surface area contributed by atoms with Crippen molar-refractivity contribution < 1.29 is 4.79 Å². The smallest absolute Gasteiger partial charge is 0.220 e. The van der Waals surface area contributed by atoms with Gasteiger partial charge in [0.25, 0.3) is 0 Å². The topological polar surface area (TPSA) is 54.4 Å². The lowest BCUT2D eigenvalue weighted by molar-refractivity contribution is 0.106. The molecule has 0 atom stereocenters. The second-order valence-corrected chi connectivity index (χ2v) is 7.05. The van der Waals surface area contributed by atoms with E-state index in [0.717, 1.165) is 21.5 Å². The van der Waals surface area contributed by atoms with Crippen molar-refractivity contribution in [2.75, 3.05) is 5.43 Å². The zero-order chi connectivity index (χ0) is 19.2. The fourth-order valence-corrected chi connectivity index (χ4v) is 3.65. The molecule has 4 nitrogen and oxygen atoms in total. The van der Waals surface area contributed by atoms with E-state index in [1.165, 1.54) is 11.8 Å². The number of hydrogen-bond donors (Lipinski definition) is 1. The zero-order valence-electron chi connectivity index (χ0n) is 14.9. The third-order valence-electron chi connectivity index (χ3n) is 4.09. The van der Waals surface area contributed by atoms with Crippen LogP contribution in [-0.2, 0) is 0 Å². The summed E-state index contributed by atoms with van der Waals surface area (Å²) in [5.74, 6) is -0.137. The number of para-hydroxylation sites is 2. The highest BCUT2D eigenvalue weighted by Gasteiger charge is 2.17. The molecule has 0 aliphatic carbocycles. The first-order chi connectivity index (χ1) is 13.8.